The first-order chi connectivity index (χ1) is 10.2. The number of para-hydroxylation sites is 1. The van der Waals surface area contributed by atoms with E-state index in [1.54, 1.807) is 11.8 Å². The molecule has 2 rings (SSSR count). The van der Waals surface area contributed by atoms with Gasteiger partial charge in [-0.05, 0) is 18.6 Å². The number of aromatic nitrogens is 2. The van der Waals surface area contributed by atoms with Crippen molar-refractivity contribution in [1.82, 2.24) is 10.2 Å². The highest BCUT2D eigenvalue weighted by atomic mass is 32.2. The van der Waals surface area contributed by atoms with Crippen molar-refractivity contribution in [2.75, 3.05) is 16.8 Å². The lowest BCUT2D eigenvalue weighted by atomic mass is 10.2. The van der Waals surface area contributed by atoms with Gasteiger partial charge in [0.2, 0.25) is 0 Å². The fraction of sp³-hybridized carbons (Fsp3) is 0.200. The number of nitrogens with one attached hydrogen (secondary N) is 2. The van der Waals surface area contributed by atoms with Gasteiger partial charge in [0.05, 0.1) is 17.1 Å². The number of H-pyrrole nitrogens is 1. The number of carbonyl (C=O) groups excluding carboxylic acids is 1. The Balaban J connectivity index is 2.19. The van der Waals surface area contributed by atoms with E-state index in [2.05, 4.69) is 22.1 Å². The van der Waals surface area contributed by atoms with E-state index in [-0.39, 0.29) is 11.6 Å². The number of anilines is 2. The molecule has 6 heteroatoms. The van der Waals surface area contributed by atoms with Gasteiger partial charge in [0.25, 0.3) is 5.91 Å². The number of hydrogen-bond acceptors (Lipinski definition) is 4. The van der Waals surface area contributed by atoms with Gasteiger partial charge in [0, 0.05) is 10.6 Å². The molecule has 0 bridgehead atoms. The van der Waals surface area contributed by atoms with E-state index < -0.39 is 0 Å². The van der Waals surface area contributed by atoms with Gasteiger partial charge in [-0.3, -0.25) is 9.89 Å². The highest BCUT2D eigenvalue weighted by molar-refractivity contribution is 7.99. The van der Waals surface area contributed by atoms with E-state index in [0.717, 1.165) is 22.0 Å². The SMILES string of the molecule is C=CCSc1ccccc1NC(=O)c1n[nH]c(CC)c1N. The number of nitrogens with two attached hydrogens (primary N) is 1. The van der Waals surface area contributed by atoms with Crippen LogP contribution in [0.5, 0.6) is 0 Å². The summed E-state index contributed by atoms with van der Waals surface area (Å²) in [6.45, 7) is 5.65. The van der Waals surface area contributed by atoms with Crippen molar-refractivity contribution in [2.45, 2.75) is 18.2 Å². The molecule has 1 aromatic carbocycles. The van der Waals surface area contributed by atoms with Crippen molar-refractivity contribution < 1.29 is 4.79 Å². The summed E-state index contributed by atoms with van der Waals surface area (Å²) in [7, 11) is 0. The monoisotopic (exact) mass is 302 g/mol. The maximum absolute atomic E-state index is 12.3. The summed E-state index contributed by atoms with van der Waals surface area (Å²) in [4.78, 5) is 13.3. The molecule has 1 heterocycles. The van der Waals surface area contributed by atoms with Crippen LogP contribution in [0.15, 0.2) is 41.8 Å². The number of benzene rings is 1. The third-order valence-corrected chi connectivity index (χ3v) is 4.01. The summed E-state index contributed by atoms with van der Waals surface area (Å²) < 4.78 is 0. The fourth-order valence-corrected chi connectivity index (χ4v) is 2.60. The summed E-state index contributed by atoms with van der Waals surface area (Å²) in [6, 6.07) is 7.61. The van der Waals surface area contributed by atoms with Crippen LogP contribution in [0.4, 0.5) is 11.4 Å². The van der Waals surface area contributed by atoms with E-state index in [0.29, 0.717) is 12.1 Å². The van der Waals surface area contributed by atoms with E-state index in [1.165, 1.54) is 0 Å². The number of amides is 1. The second-order valence-electron chi connectivity index (χ2n) is 4.37. The van der Waals surface area contributed by atoms with Gasteiger partial charge in [-0.1, -0.05) is 25.1 Å². The van der Waals surface area contributed by atoms with Gasteiger partial charge in [0.1, 0.15) is 0 Å². The molecule has 0 atom stereocenters. The summed E-state index contributed by atoms with van der Waals surface area (Å²) in [6.07, 6.45) is 2.53. The summed E-state index contributed by atoms with van der Waals surface area (Å²) in [5.74, 6) is 0.465. The van der Waals surface area contributed by atoms with Crippen LogP contribution in [-0.4, -0.2) is 21.9 Å². The van der Waals surface area contributed by atoms with Gasteiger partial charge in [-0.15, -0.1) is 18.3 Å². The quantitative estimate of drug-likeness (QED) is 0.565. The molecule has 0 aliphatic carbocycles. The van der Waals surface area contributed by atoms with E-state index >= 15 is 0 Å². The maximum Gasteiger partial charge on any atom is 0.278 e. The number of nitrogen functional groups attached to an aromatic ring is 1. The van der Waals surface area contributed by atoms with Crippen molar-refractivity contribution in [3.63, 3.8) is 0 Å². The van der Waals surface area contributed by atoms with Crippen LogP contribution in [0.3, 0.4) is 0 Å². The van der Waals surface area contributed by atoms with Gasteiger partial charge >= 0.3 is 0 Å². The average Bonchev–Trinajstić information content (AvgIpc) is 2.87. The predicted octanol–water partition coefficient (Wildman–Crippen LogP) is 3.08. The number of rotatable bonds is 6. The first kappa shape index (κ1) is 15.2. The van der Waals surface area contributed by atoms with Gasteiger partial charge in [0.15, 0.2) is 5.69 Å². The van der Waals surface area contributed by atoms with Crippen LogP contribution < -0.4 is 11.1 Å². The topological polar surface area (TPSA) is 83.8 Å². The Morgan fingerprint density at radius 3 is 2.95 bits per heavy atom. The molecule has 0 aliphatic heterocycles. The summed E-state index contributed by atoms with van der Waals surface area (Å²) >= 11 is 1.61. The Kier molecular flexibility index (Phi) is 5.05. The molecular formula is C15H18N4OS. The summed E-state index contributed by atoms with van der Waals surface area (Å²) in [5.41, 5.74) is 8.07. The largest absolute Gasteiger partial charge is 0.395 e. The lowest BCUT2D eigenvalue weighted by Gasteiger charge is -2.09. The number of aryl methyl sites for hydroxylation is 1. The Morgan fingerprint density at radius 1 is 1.52 bits per heavy atom. The lowest BCUT2D eigenvalue weighted by molar-refractivity contribution is 0.102. The van der Waals surface area contributed by atoms with Crippen molar-refractivity contribution in [1.29, 1.82) is 0 Å². The van der Waals surface area contributed by atoms with Crippen LogP contribution in [0.1, 0.15) is 23.1 Å². The highest BCUT2D eigenvalue weighted by Gasteiger charge is 2.17. The molecule has 4 N–H and O–H groups in total. The first-order valence-corrected chi connectivity index (χ1v) is 7.62. The number of aromatic amines is 1. The number of nitrogens with zero attached hydrogens (tertiary/aromatic N) is 1. The van der Waals surface area contributed by atoms with Crippen LogP contribution in [-0.2, 0) is 6.42 Å². The zero-order chi connectivity index (χ0) is 15.2. The second kappa shape index (κ2) is 6.99. The lowest BCUT2D eigenvalue weighted by Crippen LogP contribution is -2.15. The van der Waals surface area contributed by atoms with Crippen LogP contribution in [0.25, 0.3) is 0 Å². The molecule has 1 aromatic heterocycles. The molecule has 0 saturated carbocycles. The molecule has 0 aliphatic rings. The third-order valence-electron chi connectivity index (χ3n) is 2.94. The third kappa shape index (κ3) is 3.46. The average molecular weight is 302 g/mol. The second-order valence-corrected chi connectivity index (χ2v) is 5.43. The fourth-order valence-electron chi connectivity index (χ4n) is 1.86. The molecule has 0 radical (unpaired) electrons. The van der Waals surface area contributed by atoms with Gasteiger partial charge in [-0.25, -0.2) is 0 Å². The molecule has 0 spiro atoms. The zero-order valence-corrected chi connectivity index (χ0v) is 12.7. The van der Waals surface area contributed by atoms with E-state index in [4.69, 9.17) is 5.73 Å². The number of carbonyl (C=O) groups is 1. The Hall–Kier alpha value is -2.21. The maximum atomic E-state index is 12.3. The van der Waals surface area contributed by atoms with E-state index in [9.17, 15) is 4.79 Å². The molecular weight excluding hydrogens is 284 g/mol. The smallest absolute Gasteiger partial charge is 0.278 e. The molecule has 2 aromatic rings. The molecule has 0 unspecified atom stereocenters. The number of thioether (sulfide) groups is 1. The standard InChI is InChI=1S/C15H18N4OS/c1-3-9-21-12-8-6-5-7-11(12)17-15(20)14-13(16)10(4-2)18-19-14/h3,5-8H,1,4,9,16H2,2H3,(H,17,20)(H,18,19). The summed E-state index contributed by atoms with van der Waals surface area (Å²) in [5, 5.41) is 9.63. The Morgan fingerprint density at radius 2 is 2.29 bits per heavy atom. The molecule has 21 heavy (non-hydrogen) atoms. The minimum atomic E-state index is -0.310. The minimum Gasteiger partial charge on any atom is -0.395 e. The van der Waals surface area contributed by atoms with Gasteiger partial charge in [-0.2, -0.15) is 5.10 Å². The molecule has 5 nitrogen and oxygen atoms in total. The van der Waals surface area contributed by atoms with Crippen LogP contribution in [0.2, 0.25) is 0 Å². The van der Waals surface area contributed by atoms with Crippen molar-refractivity contribution in [3.8, 4) is 0 Å². The Bertz CT molecular complexity index is 651. The number of hydrogen-bond donors (Lipinski definition) is 3. The molecule has 0 fully saturated rings. The van der Waals surface area contributed by atoms with Crippen LogP contribution in [0, 0.1) is 0 Å². The normalized spacial score (nSPS) is 10.3. The van der Waals surface area contributed by atoms with Crippen molar-refractivity contribution >= 4 is 29.0 Å². The minimum absolute atomic E-state index is 0.232. The molecule has 110 valence electrons. The van der Waals surface area contributed by atoms with Gasteiger partial charge < -0.3 is 11.1 Å². The van der Waals surface area contributed by atoms with Crippen molar-refractivity contribution in [3.05, 3.63) is 48.3 Å². The predicted molar refractivity (Wildman–Crippen MR) is 87.7 cm³/mol. The Labute approximate surface area is 128 Å². The van der Waals surface area contributed by atoms with Crippen LogP contribution >= 0.6 is 11.8 Å². The molecule has 0 saturated heterocycles. The van der Waals surface area contributed by atoms with E-state index in [1.807, 2.05) is 37.3 Å². The first-order valence-electron chi connectivity index (χ1n) is 6.64. The zero-order valence-electron chi connectivity index (χ0n) is 11.8. The van der Waals surface area contributed by atoms with Crippen molar-refractivity contribution in [2.24, 2.45) is 0 Å². The molecule has 1 amide bonds. The highest BCUT2D eigenvalue weighted by Crippen LogP contribution is 2.27.